The SMILES string of the molecule is COC(=O)c1cc(C)nc2nc(SCC(=O)Nc3ccc4c(c3)C(=O)N(C)C4=O)[nH]c(=O)c12. The summed E-state index contributed by atoms with van der Waals surface area (Å²) in [5.41, 5.74) is 0.868. The molecule has 33 heavy (non-hydrogen) atoms. The van der Waals surface area contributed by atoms with Gasteiger partial charge in [0, 0.05) is 18.4 Å². The monoisotopic (exact) mass is 467 g/mol. The van der Waals surface area contributed by atoms with Gasteiger partial charge in [-0.2, -0.15) is 0 Å². The van der Waals surface area contributed by atoms with Gasteiger partial charge < -0.3 is 15.0 Å². The number of pyridine rings is 1. The van der Waals surface area contributed by atoms with Gasteiger partial charge in [0.2, 0.25) is 5.91 Å². The number of hydrogen-bond acceptors (Lipinski definition) is 9. The molecule has 168 valence electrons. The van der Waals surface area contributed by atoms with E-state index in [1.54, 1.807) is 6.92 Å². The van der Waals surface area contributed by atoms with Crippen molar-refractivity contribution < 1.29 is 23.9 Å². The third kappa shape index (κ3) is 4.07. The maximum Gasteiger partial charge on any atom is 0.338 e. The van der Waals surface area contributed by atoms with E-state index in [2.05, 4.69) is 20.3 Å². The Kier molecular flexibility index (Phi) is 5.68. The molecule has 4 rings (SSSR count). The number of aromatic amines is 1. The molecule has 0 aliphatic carbocycles. The van der Waals surface area contributed by atoms with Crippen LogP contribution >= 0.6 is 11.8 Å². The number of hydrogen-bond donors (Lipinski definition) is 2. The number of carbonyl (C=O) groups excluding carboxylic acids is 4. The first kappa shape index (κ1) is 22.1. The highest BCUT2D eigenvalue weighted by molar-refractivity contribution is 7.99. The van der Waals surface area contributed by atoms with E-state index in [4.69, 9.17) is 4.74 Å². The number of methoxy groups -OCH3 is 1. The van der Waals surface area contributed by atoms with Gasteiger partial charge in [0.25, 0.3) is 17.4 Å². The largest absolute Gasteiger partial charge is 0.465 e. The molecule has 1 aliphatic rings. The third-order valence-electron chi connectivity index (χ3n) is 4.90. The standard InChI is InChI=1S/C21H17N5O6S/c1-9-6-13(20(31)32-3)15-16(22-9)24-21(25-17(15)28)33-8-14(27)23-10-4-5-11-12(7-10)19(30)26(2)18(11)29/h4-7H,8H2,1-3H3,(H,23,27)(H,22,24,25,28). The number of anilines is 1. The molecule has 0 saturated heterocycles. The molecule has 0 bridgehead atoms. The van der Waals surface area contributed by atoms with Crippen molar-refractivity contribution in [1.29, 1.82) is 0 Å². The number of ether oxygens (including phenoxy) is 1. The van der Waals surface area contributed by atoms with E-state index in [0.29, 0.717) is 11.4 Å². The minimum atomic E-state index is -0.682. The van der Waals surface area contributed by atoms with Crippen LogP contribution in [0.4, 0.5) is 5.69 Å². The molecule has 3 aromatic rings. The average molecular weight is 467 g/mol. The first-order valence-corrected chi connectivity index (χ1v) is 10.6. The zero-order valence-electron chi connectivity index (χ0n) is 17.7. The van der Waals surface area contributed by atoms with E-state index in [1.165, 1.54) is 38.4 Å². The molecule has 11 nitrogen and oxygen atoms in total. The van der Waals surface area contributed by atoms with E-state index in [1.807, 2.05) is 0 Å². The molecule has 1 aromatic carbocycles. The highest BCUT2D eigenvalue weighted by atomic mass is 32.2. The minimum Gasteiger partial charge on any atom is -0.465 e. The van der Waals surface area contributed by atoms with Gasteiger partial charge in [-0.1, -0.05) is 11.8 Å². The Morgan fingerprint density at radius 1 is 1.12 bits per heavy atom. The Balaban J connectivity index is 1.51. The lowest BCUT2D eigenvalue weighted by atomic mass is 10.1. The summed E-state index contributed by atoms with van der Waals surface area (Å²) in [6.45, 7) is 1.65. The molecule has 1 aliphatic heterocycles. The van der Waals surface area contributed by atoms with Crippen LogP contribution in [0.25, 0.3) is 11.0 Å². The molecule has 2 aromatic heterocycles. The van der Waals surface area contributed by atoms with Crippen molar-refractivity contribution in [3.8, 4) is 0 Å². The highest BCUT2D eigenvalue weighted by Gasteiger charge is 2.32. The van der Waals surface area contributed by atoms with Crippen LogP contribution in [0.1, 0.15) is 36.8 Å². The van der Waals surface area contributed by atoms with E-state index >= 15 is 0 Å². The van der Waals surface area contributed by atoms with Crippen LogP contribution in [0.5, 0.6) is 0 Å². The van der Waals surface area contributed by atoms with Gasteiger partial charge in [-0.25, -0.2) is 14.8 Å². The summed E-state index contributed by atoms with van der Waals surface area (Å²) in [4.78, 5) is 73.0. The number of amides is 3. The molecule has 0 fully saturated rings. The van der Waals surface area contributed by atoms with E-state index < -0.39 is 29.3 Å². The van der Waals surface area contributed by atoms with Crippen molar-refractivity contribution >= 4 is 52.2 Å². The number of nitrogens with zero attached hydrogens (tertiary/aromatic N) is 3. The summed E-state index contributed by atoms with van der Waals surface area (Å²) in [5.74, 6) is -2.03. The van der Waals surface area contributed by atoms with Crippen LogP contribution in [0.15, 0.2) is 34.2 Å². The van der Waals surface area contributed by atoms with Crippen LogP contribution in [0.3, 0.4) is 0 Å². The van der Waals surface area contributed by atoms with Gasteiger partial charge >= 0.3 is 5.97 Å². The first-order valence-electron chi connectivity index (χ1n) is 9.58. The Labute approximate surface area is 190 Å². The molecule has 0 atom stereocenters. The van der Waals surface area contributed by atoms with Gasteiger partial charge in [0.15, 0.2) is 10.8 Å². The normalized spacial score (nSPS) is 12.8. The molecule has 3 heterocycles. The number of aromatic nitrogens is 3. The van der Waals surface area contributed by atoms with Gasteiger partial charge in [0.1, 0.15) is 0 Å². The fraction of sp³-hybridized carbons (Fsp3) is 0.190. The minimum absolute atomic E-state index is 0.00331. The van der Waals surface area contributed by atoms with Crippen LogP contribution < -0.4 is 10.9 Å². The molecule has 2 N–H and O–H groups in total. The molecule has 0 unspecified atom stereocenters. The molecule has 3 amide bonds. The number of rotatable bonds is 5. The van der Waals surface area contributed by atoms with Crippen molar-refractivity contribution in [1.82, 2.24) is 19.9 Å². The number of nitrogens with one attached hydrogen (secondary N) is 2. The van der Waals surface area contributed by atoms with E-state index in [0.717, 1.165) is 16.7 Å². The molecule has 12 heteroatoms. The van der Waals surface area contributed by atoms with Crippen molar-refractivity contribution in [2.75, 3.05) is 25.2 Å². The summed E-state index contributed by atoms with van der Waals surface area (Å²) in [7, 11) is 2.60. The smallest absolute Gasteiger partial charge is 0.338 e. The summed E-state index contributed by atoms with van der Waals surface area (Å²) in [6, 6.07) is 5.90. The summed E-state index contributed by atoms with van der Waals surface area (Å²) in [5, 5.41) is 2.80. The van der Waals surface area contributed by atoms with Gasteiger partial charge in [-0.15, -0.1) is 0 Å². The Morgan fingerprint density at radius 3 is 2.58 bits per heavy atom. The molecule has 0 saturated carbocycles. The summed E-state index contributed by atoms with van der Waals surface area (Å²) < 4.78 is 4.72. The van der Waals surface area contributed by atoms with Gasteiger partial charge in [0.05, 0.1) is 34.9 Å². The van der Waals surface area contributed by atoms with Crippen molar-refractivity contribution in [3.05, 3.63) is 57.0 Å². The predicted octanol–water partition coefficient (Wildman–Crippen LogP) is 1.37. The lowest BCUT2D eigenvalue weighted by Gasteiger charge is -2.08. The van der Waals surface area contributed by atoms with Gasteiger partial charge in [-0.3, -0.25) is 24.1 Å². The average Bonchev–Trinajstić information content (AvgIpc) is 3.00. The third-order valence-corrected chi connectivity index (χ3v) is 5.78. The molecular formula is C21H17N5O6S. The van der Waals surface area contributed by atoms with Crippen molar-refractivity contribution in [3.63, 3.8) is 0 Å². The van der Waals surface area contributed by atoms with Crippen LogP contribution in [-0.4, -0.2) is 63.5 Å². The second-order valence-electron chi connectivity index (χ2n) is 7.14. The number of carbonyl (C=O) groups is 4. The summed E-state index contributed by atoms with van der Waals surface area (Å²) in [6.07, 6.45) is 0. The number of esters is 1. The Morgan fingerprint density at radius 2 is 1.85 bits per heavy atom. The fourth-order valence-corrected chi connectivity index (χ4v) is 4.01. The maximum absolute atomic E-state index is 12.6. The lowest BCUT2D eigenvalue weighted by molar-refractivity contribution is -0.113. The summed E-state index contributed by atoms with van der Waals surface area (Å²) >= 11 is 0.965. The predicted molar refractivity (Wildman–Crippen MR) is 118 cm³/mol. The Hall–Kier alpha value is -4.06. The fourth-order valence-electron chi connectivity index (χ4n) is 3.35. The van der Waals surface area contributed by atoms with Crippen LogP contribution in [0.2, 0.25) is 0 Å². The zero-order valence-corrected chi connectivity index (χ0v) is 18.5. The van der Waals surface area contributed by atoms with Crippen LogP contribution in [-0.2, 0) is 9.53 Å². The second-order valence-corrected chi connectivity index (χ2v) is 8.10. The number of aryl methyl sites for hydroxylation is 1. The molecule has 0 radical (unpaired) electrons. The maximum atomic E-state index is 12.6. The second kappa shape index (κ2) is 8.47. The lowest BCUT2D eigenvalue weighted by Crippen LogP contribution is -2.24. The molecule has 0 spiro atoms. The number of thioether (sulfide) groups is 1. The van der Waals surface area contributed by atoms with Gasteiger partial charge in [-0.05, 0) is 31.2 Å². The number of H-pyrrole nitrogens is 1. The first-order chi connectivity index (χ1) is 15.7. The Bertz CT molecular complexity index is 1420. The van der Waals surface area contributed by atoms with Crippen molar-refractivity contribution in [2.24, 2.45) is 0 Å². The number of fused-ring (bicyclic) bond motifs is 2. The zero-order chi connectivity index (χ0) is 23.9. The molecular weight excluding hydrogens is 450 g/mol. The quantitative estimate of drug-likeness (QED) is 0.245. The highest BCUT2D eigenvalue weighted by Crippen LogP contribution is 2.25. The van der Waals surface area contributed by atoms with Crippen LogP contribution in [0, 0.1) is 6.92 Å². The van der Waals surface area contributed by atoms with E-state index in [-0.39, 0.29) is 38.6 Å². The number of imide groups is 1. The van der Waals surface area contributed by atoms with Crippen molar-refractivity contribution in [2.45, 2.75) is 12.1 Å². The topological polar surface area (TPSA) is 151 Å². The van der Waals surface area contributed by atoms with E-state index in [9.17, 15) is 24.0 Å². The number of benzene rings is 1.